The second kappa shape index (κ2) is 56.1. The predicted molar refractivity (Wildman–Crippen MR) is 517 cm³/mol. The number of alkyl halides is 12. The number of ketones is 1. The van der Waals surface area contributed by atoms with Gasteiger partial charge in [0.05, 0.1) is 29.9 Å². The number of methoxy groups -OCH3 is 1. The maximum Gasteiger partial charge on any atom is 0.573 e. The molecule has 0 radical (unpaired) electrons. The minimum Gasteiger partial charge on any atom is -0.497 e. The molecule has 1 aromatic heterocycles. The number of thiophene rings is 1. The molecule has 0 unspecified atom stereocenters. The number of ether oxygens (including phenoxy) is 3. The smallest absolute Gasteiger partial charge is 0.497 e. The molecule has 0 saturated carbocycles. The summed E-state index contributed by atoms with van der Waals surface area (Å²) in [5, 5.41) is 2.19. The maximum atomic E-state index is 12.7. The summed E-state index contributed by atoms with van der Waals surface area (Å²) < 4.78 is 177. The summed E-state index contributed by atoms with van der Waals surface area (Å²) >= 11 is 5.35. The van der Waals surface area contributed by atoms with Gasteiger partial charge in [0.25, 0.3) is 0 Å². The van der Waals surface area contributed by atoms with Crippen molar-refractivity contribution in [2.24, 2.45) is 0 Å². The van der Waals surface area contributed by atoms with Gasteiger partial charge in [0.2, 0.25) is 0 Å². The number of hydrogen-bond donors (Lipinski definition) is 0. The van der Waals surface area contributed by atoms with E-state index >= 15 is 0 Å². The molecule has 0 aliphatic carbocycles. The van der Waals surface area contributed by atoms with Crippen LogP contribution in [0.5, 0.6) is 17.2 Å². The van der Waals surface area contributed by atoms with E-state index in [4.69, 9.17) is 9.47 Å². The molecule has 0 aliphatic rings. The molecule has 0 saturated heterocycles. The zero-order chi connectivity index (χ0) is 98.4. The van der Waals surface area contributed by atoms with Crippen LogP contribution < -0.4 is 14.2 Å². The Morgan fingerprint density at radius 1 is 0.383 bits per heavy atom. The predicted octanol–water partition coefficient (Wildman–Crippen LogP) is 37.4. The van der Waals surface area contributed by atoms with Gasteiger partial charge in [-0.25, -0.2) is 4.39 Å². The van der Waals surface area contributed by atoms with E-state index in [1.54, 1.807) is 44.0 Å². The fraction of sp³-hybridized carbons (Fsp3) is 0.459. The molecular formula is C109H144BrF13O4S. The van der Waals surface area contributed by atoms with E-state index in [1.165, 1.54) is 123 Å². The fourth-order valence-corrected chi connectivity index (χ4v) is 15.3. The minimum absolute atomic E-state index is 0.00329. The van der Waals surface area contributed by atoms with E-state index < -0.39 is 47.5 Å². The molecule has 0 fully saturated rings. The highest BCUT2D eigenvalue weighted by atomic mass is 79.9. The maximum absolute atomic E-state index is 12.7. The second-order valence-corrected chi connectivity index (χ2v) is 37.0. The lowest BCUT2D eigenvalue weighted by molar-refractivity contribution is -0.275. The van der Waals surface area contributed by atoms with Crippen molar-refractivity contribution in [2.45, 2.75) is 324 Å². The first-order valence-corrected chi connectivity index (χ1v) is 45.8. The highest BCUT2D eigenvalue weighted by Gasteiger charge is 2.38. The second-order valence-electron chi connectivity index (χ2n) is 35.1. The van der Waals surface area contributed by atoms with E-state index in [9.17, 15) is 61.9 Å². The Labute approximate surface area is 772 Å². The van der Waals surface area contributed by atoms with Gasteiger partial charge in [-0.2, -0.15) is 39.5 Å². The summed E-state index contributed by atoms with van der Waals surface area (Å²) in [4.78, 5) is 12.7. The molecule has 0 aliphatic heterocycles. The number of hydrogen-bond acceptors (Lipinski definition) is 5. The lowest BCUT2D eigenvalue weighted by atomic mass is 9.94. The van der Waals surface area contributed by atoms with Gasteiger partial charge in [-0.3, -0.25) is 4.79 Å². The van der Waals surface area contributed by atoms with Gasteiger partial charge < -0.3 is 14.2 Å². The zero-order valence-electron chi connectivity index (χ0n) is 81.7. The summed E-state index contributed by atoms with van der Waals surface area (Å²) in [5.41, 5.74) is 17.1. The van der Waals surface area contributed by atoms with Crippen LogP contribution in [0.15, 0.2) is 192 Å². The van der Waals surface area contributed by atoms with Crippen molar-refractivity contribution in [1.82, 2.24) is 0 Å². The average molecular weight is 1880 g/mol. The summed E-state index contributed by atoms with van der Waals surface area (Å²) in [6.45, 7) is 63.1. The Morgan fingerprint density at radius 2 is 0.797 bits per heavy atom. The Kier molecular flexibility index (Phi) is 51.5. The molecule has 0 amide bonds. The van der Waals surface area contributed by atoms with Crippen molar-refractivity contribution in [3.63, 3.8) is 0 Å². The minimum atomic E-state index is -4.64. The van der Waals surface area contributed by atoms with Crippen LogP contribution in [0.1, 0.15) is 365 Å². The van der Waals surface area contributed by atoms with Crippen LogP contribution in [0.2, 0.25) is 0 Å². The van der Waals surface area contributed by atoms with E-state index in [0.29, 0.717) is 65.2 Å². The fourth-order valence-electron chi connectivity index (χ4n) is 13.9. The SMILES string of the molecule is CC(=O)c1ccc(C)c(C(C)C)c1.CC(C)Oc1ccccc1C(C)C.CC(C)c1cc(C(F)(F)F)ccc1C(F)(F)F.CCCc1ccccc1C(C)C.CCc1ccsc1C(C)C.COc1ccc(C)c(C(C)C)c1.Cc1ccc(Br)cc1C(C)C.Cc1ccc(C(F)(F)F)cc1C(C)C.Cc1ccc(F)cc1C(C)C.Cc1cccc(OC(F)(F)F)c1C(C)C. The molecule has 0 spiro atoms. The van der Waals surface area contributed by atoms with Crippen LogP contribution in [-0.2, 0) is 31.4 Å². The van der Waals surface area contributed by atoms with Crippen molar-refractivity contribution in [1.29, 1.82) is 0 Å². The van der Waals surface area contributed by atoms with Crippen LogP contribution in [0.25, 0.3) is 0 Å². The van der Waals surface area contributed by atoms with Crippen LogP contribution in [0.4, 0.5) is 57.1 Å². The van der Waals surface area contributed by atoms with Gasteiger partial charge in [-0.05, 0) is 325 Å². The van der Waals surface area contributed by atoms with Crippen molar-refractivity contribution in [3.8, 4) is 17.2 Å². The third-order valence-corrected chi connectivity index (χ3v) is 22.3. The Morgan fingerprint density at radius 3 is 1.21 bits per heavy atom. The van der Waals surface area contributed by atoms with Crippen LogP contribution in [-0.4, -0.2) is 25.4 Å². The molecule has 4 nitrogen and oxygen atoms in total. The highest BCUT2D eigenvalue weighted by Crippen LogP contribution is 2.41. The van der Waals surface area contributed by atoms with Gasteiger partial charge in [-0.1, -0.05) is 266 Å². The van der Waals surface area contributed by atoms with Crippen LogP contribution in [0, 0.1) is 47.4 Å². The van der Waals surface area contributed by atoms with Crippen molar-refractivity contribution in [3.05, 3.63) is 319 Å². The highest BCUT2D eigenvalue weighted by molar-refractivity contribution is 9.10. The number of para-hydroxylation sites is 1. The number of aryl methyl sites for hydroxylation is 8. The summed E-state index contributed by atoms with van der Waals surface area (Å²) in [6.07, 6.45) is -14.2. The number of Topliss-reactive ketones (excluding diaryl/α,β-unsaturated/α-hetero) is 1. The quantitative estimate of drug-likeness (QED) is 0.0634. The third-order valence-electron chi connectivity index (χ3n) is 20.6. The number of carbonyl (C=O) groups excluding carboxylic acids is 1. The zero-order valence-corrected chi connectivity index (χ0v) is 84.1. The average Bonchev–Trinajstić information content (AvgIpc) is 0.880. The molecule has 128 heavy (non-hydrogen) atoms. The third kappa shape index (κ3) is 42.5. The molecule has 708 valence electrons. The first-order valence-electron chi connectivity index (χ1n) is 44.2. The first kappa shape index (κ1) is 117. The standard InChI is InChI=1S/C12H16O.C12H18O.C12H18.C11H10F6.C11H13F3O.C11H13F3.C11H16O.C10H13Br.C10H13F.C9H14S/c1-8(2)12-7-11(10(4)13)6-5-9(12)3;1-9(2)11-7-5-6-8-12(11)13-10(3)4;1-4-7-11-8-5-6-9-12(11)10(2)3;1-6(2)8-5-7(10(12,13)14)3-4-9(8)11(15,16)17;1-7(2)10-8(3)5-4-6-9(10)15-11(12,13)14;1-7(2)10-6-9(11(12,13)14)5-4-8(10)3;1-8(2)11-7-10(12-4)6-5-9(11)3;2*1-7(2)10-6-9(11)5-4-8(10)3;1-4-8-5-6-10-9(8)7(2)3/h5-8H,1-4H3;5-10H,1-4H3;5-6,8-10H,4,7H2,1-3H3;3-6H,1-2H3;4-7H,1-3H3;4-7H,1-3H3;5-8H,1-4H3;2*4-7H,1-3H3;5-7H,4H2,1-3H3. The largest absolute Gasteiger partial charge is 0.573 e. The Balaban J connectivity index is 0.000000713. The van der Waals surface area contributed by atoms with Gasteiger partial charge in [-0.15, -0.1) is 24.5 Å². The van der Waals surface area contributed by atoms with Crippen molar-refractivity contribution in [2.75, 3.05) is 7.11 Å². The lowest BCUT2D eigenvalue weighted by Gasteiger charge is -2.17. The normalized spacial score (nSPS) is 11.3. The molecule has 0 bridgehead atoms. The van der Waals surface area contributed by atoms with Gasteiger partial charge in [0.1, 0.15) is 23.1 Å². The van der Waals surface area contributed by atoms with Crippen LogP contribution in [0.3, 0.4) is 0 Å². The number of benzene rings is 9. The van der Waals surface area contributed by atoms with Gasteiger partial charge in [0, 0.05) is 14.9 Å². The van der Waals surface area contributed by atoms with Crippen molar-refractivity contribution < 1.29 is 76.1 Å². The van der Waals surface area contributed by atoms with Crippen molar-refractivity contribution >= 4 is 33.0 Å². The lowest BCUT2D eigenvalue weighted by Crippen LogP contribution is -2.18. The molecule has 0 N–H and O–H groups in total. The van der Waals surface area contributed by atoms with E-state index in [1.807, 2.05) is 95.3 Å². The molecule has 10 aromatic rings. The molecule has 1 heterocycles. The molecule has 19 heteroatoms. The van der Waals surface area contributed by atoms with E-state index in [2.05, 4.69) is 244 Å². The van der Waals surface area contributed by atoms with E-state index in [-0.39, 0.29) is 40.9 Å². The topological polar surface area (TPSA) is 44.8 Å². The molecule has 10 rings (SSSR count). The van der Waals surface area contributed by atoms with E-state index in [0.717, 1.165) is 45.4 Å². The summed E-state index contributed by atoms with van der Waals surface area (Å²) in [5.74, 6) is 5.33. The molecule has 0 atom stereocenters. The van der Waals surface area contributed by atoms with Gasteiger partial charge in [0.15, 0.2) is 5.78 Å². The van der Waals surface area contributed by atoms with Gasteiger partial charge >= 0.3 is 24.9 Å². The monoisotopic (exact) mass is 1870 g/mol. The number of carbonyl (C=O) groups is 1. The number of halogens is 14. The summed E-state index contributed by atoms with van der Waals surface area (Å²) in [7, 11) is 1.70. The van der Waals surface area contributed by atoms with Crippen LogP contribution >= 0.6 is 27.3 Å². The number of rotatable bonds is 18. The first-order chi connectivity index (χ1) is 59.2. The summed E-state index contributed by atoms with van der Waals surface area (Å²) in [6, 6.07) is 52.8. The Bertz CT molecular complexity index is 4840. The Hall–Kier alpha value is -8.68. The molecular weight excluding hydrogens is 1730 g/mol. The molecule has 9 aromatic carbocycles.